The Labute approximate surface area is 90.4 Å². The summed E-state index contributed by atoms with van der Waals surface area (Å²) in [4.78, 5) is 11.2. The number of aliphatic hydroxyl groups excluding tert-OH is 2. The molecule has 0 amide bonds. The first-order chi connectivity index (χ1) is 6.99. The van der Waals surface area contributed by atoms with E-state index in [1.54, 1.807) is 20.8 Å². The Morgan fingerprint density at radius 2 is 2.00 bits per heavy atom. The van der Waals surface area contributed by atoms with Gasteiger partial charge in [0.15, 0.2) is 0 Å². The number of aliphatic hydroxyl groups is 2. The summed E-state index contributed by atoms with van der Waals surface area (Å²) in [5.41, 5.74) is -0.610. The fraction of sp³-hybridized carbons (Fsp3) is 0.900. The quantitative estimate of drug-likeness (QED) is 0.504. The van der Waals surface area contributed by atoms with Crippen molar-refractivity contribution in [1.82, 2.24) is 5.32 Å². The van der Waals surface area contributed by atoms with Gasteiger partial charge in [-0.3, -0.25) is 4.79 Å². The molecule has 5 nitrogen and oxygen atoms in total. The molecule has 0 aliphatic carbocycles. The summed E-state index contributed by atoms with van der Waals surface area (Å²) in [5, 5.41) is 21.0. The summed E-state index contributed by atoms with van der Waals surface area (Å²) < 4.78 is 4.81. The van der Waals surface area contributed by atoms with Gasteiger partial charge in [0.25, 0.3) is 0 Å². The number of esters is 1. The van der Waals surface area contributed by atoms with Crippen molar-refractivity contribution in [2.75, 3.05) is 26.4 Å². The Hall–Kier alpha value is -0.650. The summed E-state index contributed by atoms with van der Waals surface area (Å²) in [6, 6.07) is -0.428. The highest BCUT2D eigenvalue weighted by molar-refractivity contribution is 5.75. The van der Waals surface area contributed by atoms with Crippen LogP contribution in [-0.2, 0) is 9.53 Å². The molecule has 1 unspecified atom stereocenters. The van der Waals surface area contributed by atoms with Gasteiger partial charge in [-0.1, -0.05) is 6.92 Å². The fourth-order valence-electron chi connectivity index (χ4n) is 0.912. The van der Waals surface area contributed by atoms with Crippen LogP contribution in [0.25, 0.3) is 0 Å². The van der Waals surface area contributed by atoms with Crippen molar-refractivity contribution in [2.24, 2.45) is 5.41 Å². The van der Waals surface area contributed by atoms with Gasteiger partial charge < -0.3 is 20.3 Å². The van der Waals surface area contributed by atoms with Gasteiger partial charge in [0.2, 0.25) is 0 Å². The summed E-state index contributed by atoms with van der Waals surface area (Å²) in [6.45, 7) is 5.61. The van der Waals surface area contributed by atoms with E-state index in [1.165, 1.54) is 0 Å². The molecule has 1 atom stereocenters. The maximum absolute atomic E-state index is 11.2. The number of hydrogen-bond donors (Lipinski definition) is 3. The van der Waals surface area contributed by atoms with Gasteiger partial charge in [0, 0.05) is 12.0 Å². The highest BCUT2D eigenvalue weighted by Crippen LogP contribution is 2.12. The van der Waals surface area contributed by atoms with E-state index in [9.17, 15) is 4.79 Å². The molecule has 0 fully saturated rings. The molecule has 0 aromatic heterocycles. The van der Waals surface area contributed by atoms with Gasteiger partial charge in [0.1, 0.15) is 6.04 Å². The normalized spacial score (nSPS) is 13.7. The molecule has 0 radical (unpaired) electrons. The molecule has 0 aromatic carbocycles. The fourth-order valence-corrected chi connectivity index (χ4v) is 0.912. The summed E-state index contributed by atoms with van der Waals surface area (Å²) in [5.74, 6) is -0.323. The third-order valence-corrected chi connectivity index (χ3v) is 2.24. The second-order valence-electron chi connectivity index (χ2n) is 3.98. The van der Waals surface area contributed by atoms with Crippen molar-refractivity contribution >= 4 is 5.97 Å². The molecule has 0 saturated heterocycles. The summed E-state index contributed by atoms with van der Waals surface area (Å²) in [6.07, 6.45) is 0. The lowest BCUT2D eigenvalue weighted by atomic mass is 9.93. The monoisotopic (exact) mass is 219 g/mol. The molecule has 0 aliphatic rings. The van der Waals surface area contributed by atoms with E-state index in [2.05, 4.69) is 5.32 Å². The van der Waals surface area contributed by atoms with Crippen molar-refractivity contribution in [2.45, 2.75) is 26.8 Å². The molecular formula is C10H21NO4. The molecule has 0 bridgehead atoms. The molecule has 0 saturated carbocycles. The predicted molar refractivity (Wildman–Crippen MR) is 56.4 cm³/mol. The highest BCUT2D eigenvalue weighted by Gasteiger charge is 2.24. The molecule has 15 heavy (non-hydrogen) atoms. The van der Waals surface area contributed by atoms with Gasteiger partial charge in [-0.05, 0) is 13.8 Å². The molecule has 0 aliphatic heterocycles. The average Bonchev–Trinajstić information content (AvgIpc) is 2.25. The van der Waals surface area contributed by atoms with E-state index in [4.69, 9.17) is 14.9 Å². The van der Waals surface area contributed by atoms with Gasteiger partial charge in [-0.15, -0.1) is 0 Å². The second-order valence-corrected chi connectivity index (χ2v) is 3.98. The summed E-state index contributed by atoms with van der Waals surface area (Å²) >= 11 is 0. The number of carbonyl (C=O) groups is 1. The first kappa shape index (κ1) is 14.3. The van der Waals surface area contributed by atoms with Crippen LogP contribution in [0.4, 0.5) is 0 Å². The van der Waals surface area contributed by atoms with E-state index in [0.717, 1.165) is 0 Å². The van der Waals surface area contributed by atoms with Crippen LogP contribution in [0.5, 0.6) is 0 Å². The van der Waals surface area contributed by atoms with Crippen LogP contribution in [0, 0.1) is 5.41 Å². The largest absolute Gasteiger partial charge is 0.465 e. The molecule has 3 N–H and O–H groups in total. The van der Waals surface area contributed by atoms with Crippen molar-refractivity contribution in [1.29, 1.82) is 0 Å². The van der Waals surface area contributed by atoms with Crippen molar-refractivity contribution in [3.8, 4) is 0 Å². The molecular weight excluding hydrogens is 198 g/mol. The van der Waals surface area contributed by atoms with Gasteiger partial charge in [-0.2, -0.15) is 0 Å². The zero-order chi connectivity index (χ0) is 11.9. The number of ether oxygens (including phenoxy) is 1. The predicted octanol–water partition coefficient (Wildman–Crippen LogP) is -0.481. The third-order valence-electron chi connectivity index (χ3n) is 2.24. The zero-order valence-electron chi connectivity index (χ0n) is 9.62. The number of hydrogen-bond acceptors (Lipinski definition) is 5. The van der Waals surface area contributed by atoms with Gasteiger partial charge >= 0.3 is 5.97 Å². The van der Waals surface area contributed by atoms with E-state index in [0.29, 0.717) is 13.2 Å². The van der Waals surface area contributed by atoms with Crippen molar-refractivity contribution < 1.29 is 19.7 Å². The molecule has 0 heterocycles. The minimum Gasteiger partial charge on any atom is -0.465 e. The zero-order valence-corrected chi connectivity index (χ0v) is 9.62. The minimum absolute atomic E-state index is 0.133. The Morgan fingerprint density at radius 1 is 1.47 bits per heavy atom. The molecule has 0 aromatic rings. The number of nitrogens with one attached hydrogen (secondary N) is 1. The number of carbonyl (C=O) groups excluding carboxylic acids is 1. The Balaban J connectivity index is 3.98. The van der Waals surface area contributed by atoms with Crippen LogP contribution in [0.1, 0.15) is 20.8 Å². The second kappa shape index (κ2) is 6.76. The maximum Gasteiger partial charge on any atom is 0.322 e. The first-order valence-corrected chi connectivity index (χ1v) is 5.11. The van der Waals surface area contributed by atoms with E-state index >= 15 is 0 Å². The van der Waals surface area contributed by atoms with Gasteiger partial charge in [-0.25, -0.2) is 0 Å². The standard InChI is InChI=1S/C10H21NO4/c1-4-15-9(14)8(2)11-5-10(3,6-12)7-13/h8,11-13H,4-7H2,1-3H3. The maximum atomic E-state index is 11.2. The van der Waals surface area contributed by atoms with Crippen LogP contribution < -0.4 is 5.32 Å². The van der Waals surface area contributed by atoms with E-state index in [-0.39, 0.29) is 19.2 Å². The van der Waals surface area contributed by atoms with Gasteiger partial charge in [0.05, 0.1) is 19.8 Å². The Morgan fingerprint density at radius 3 is 2.40 bits per heavy atom. The molecule has 0 spiro atoms. The molecule has 90 valence electrons. The highest BCUT2D eigenvalue weighted by atomic mass is 16.5. The topological polar surface area (TPSA) is 78.8 Å². The van der Waals surface area contributed by atoms with Crippen LogP contribution >= 0.6 is 0 Å². The summed E-state index contributed by atoms with van der Waals surface area (Å²) in [7, 11) is 0. The van der Waals surface area contributed by atoms with Crippen LogP contribution in [0.2, 0.25) is 0 Å². The Kier molecular flexibility index (Phi) is 6.47. The van der Waals surface area contributed by atoms with Crippen molar-refractivity contribution in [3.63, 3.8) is 0 Å². The lowest BCUT2D eigenvalue weighted by Crippen LogP contribution is -2.44. The van der Waals surface area contributed by atoms with Crippen LogP contribution in [0.3, 0.4) is 0 Å². The lowest BCUT2D eigenvalue weighted by molar-refractivity contribution is -0.145. The Bertz CT molecular complexity index is 192. The van der Waals surface area contributed by atoms with E-state index in [1.807, 2.05) is 0 Å². The third kappa shape index (κ3) is 5.11. The van der Waals surface area contributed by atoms with Crippen molar-refractivity contribution in [3.05, 3.63) is 0 Å². The average molecular weight is 219 g/mol. The first-order valence-electron chi connectivity index (χ1n) is 5.11. The number of rotatable bonds is 7. The lowest BCUT2D eigenvalue weighted by Gasteiger charge is -2.26. The minimum atomic E-state index is -0.610. The smallest absolute Gasteiger partial charge is 0.322 e. The SMILES string of the molecule is CCOC(=O)C(C)NCC(C)(CO)CO. The molecule has 5 heteroatoms. The van der Waals surface area contributed by atoms with Crippen LogP contribution in [-0.4, -0.2) is 48.6 Å². The van der Waals surface area contributed by atoms with E-state index < -0.39 is 11.5 Å². The molecule has 0 rings (SSSR count). The van der Waals surface area contributed by atoms with Crippen LogP contribution in [0.15, 0.2) is 0 Å².